The lowest BCUT2D eigenvalue weighted by molar-refractivity contribution is -0.116. The number of carbonyl (C=O) groups is 1. The Kier molecular flexibility index (Phi) is 5.28. The number of amides is 1. The fraction of sp³-hybridized carbons (Fsp3) is 0.462. The van der Waals surface area contributed by atoms with Gasteiger partial charge in [0.2, 0.25) is 5.91 Å². The molecule has 0 radical (unpaired) electrons. The predicted molar refractivity (Wildman–Crippen MR) is 75.1 cm³/mol. The third-order valence-electron chi connectivity index (χ3n) is 2.21. The molecule has 0 bridgehead atoms. The molecule has 1 aromatic rings. The number of hydrogen-bond acceptors (Lipinski definition) is 2. The molecule has 0 aliphatic heterocycles. The van der Waals surface area contributed by atoms with Gasteiger partial charge in [-0.25, -0.2) is 4.39 Å². The van der Waals surface area contributed by atoms with Crippen molar-refractivity contribution in [2.75, 3.05) is 11.9 Å². The Morgan fingerprint density at radius 3 is 2.61 bits per heavy atom. The van der Waals surface area contributed by atoms with Crippen molar-refractivity contribution in [1.82, 2.24) is 5.32 Å². The van der Waals surface area contributed by atoms with Crippen LogP contribution in [0.3, 0.4) is 0 Å². The summed E-state index contributed by atoms with van der Waals surface area (Å²) in [7, 11) is 0. The number of anilines is 1. The lowest BCUT2D eigenvalue weighted by atomic mass is 10.1. The molecule has 3 nitrogen and oxygen atoms in total. The third-order valence-corrected chi connectivity index (χ3v) is 2.87. The van der Waals surface area contributed by atoms with E-state index in [2.05, 4.69) is 26.6 Å². The Labute approximate surface area is 115 Å². The summed E-state index contributed by atoms with van der Waals surface area (Å²) in [6, 6.07) is 4.17. The highest BCUT2D eigenvalue weighted by Crippen LogP contribution is 2.23. The Balaban J connectivity index is 2.45. The average molecular weight is 317 g/mol. The first-order valence-electron chi connectivity index (χ1n) is 5.78. The van der Waals surface area contributed by atoms with E-state index in [0.717, 1.165) is 0 Å². The molecule has 18 heavy (non-hydrogen) atoms. The van der Waals surface area contributed by atoms with Gasteiger partial charge in [0.05, 0.1) is 5.69 Å². The van der Waals surface area contributed by atoms with Crippen LogP contribution in [0.25, 0.3) is 0 Å². The second-order valence-electron chi connectivity index (χ2n) is 5.10. The van der Waals surface area contributed by atoms with Crippen LogP contribution in [-0.2, 0) is 4.79 Å². The van der Waals surface area contributed by atoms with Crippen molar-refractivity contribution in [3.05, 3.63) is 28.5 Å². The Hall–Kier alpha value is -0.940. The van der Waals surface area contributed by atoms with Crippen molar-refractivity contribution >= 4 is 27.5 Å². The molecule has 1 aromatic carbocycles. The van der Waals surface area contributed by atoms with Crippen molar-refractivity contribution in [1.29, 1.82) is 0 Å². The van der Waals surface area contributed by atoms with Gasteiger partial charge in [-0.15, -0.1) is 0 Å². The number of halogens is 2. The van der Waals surface area contributed by atoms with Crippen LogP contribution >= 0.6 is 15.9 Å². The van der Waals surface area contributed by atoms with Crippen molar-refractivity contribution in [3.8, 4) is 0 Å². The molecule has 0 saturated carbocycles. The van der Waals surface area contributed by atoms with E-state index in [-0.39, 0.29) is 17.3 Å². The minimum Gasteiger partial charge on any atom is -0.325 e. The molecule has 0 fully saturated rings. The zero-order chi connectivity index (χ0) is 13.8. The molecule has 2 N–H and O–H groups in total. The second kappa shape index (κ2) is 6.29. The average Bonchev–Trinajstić information content (AvgIpc) is 2.20. The van der Waals surface area contributed by atoms with Crippen molar-refractivity contribution in [3.63, 3.8) is 0 Å². The summed E-state index contributed by atoms with van der Waals surface area (Å²) in [4.78, 5) is 11.7. The maximum atomic E-state index is 12.9. The van der Waals surface area contributed by atoms with Gasteiger partial charge in [-0.3, -0.25) is 4.79 Å². The molecule has 1 rings (SSSR count). The zero-order valence-electron chi connectivity index (χ0n) is 10.8. The lowest BCUT2D eigenvalue weighted by Crippen LogP contribution is -2.37. The van der Waals surface area contributed by atoms with E-state index >= 15 is 0 Å². The zero-order valence-corrected chi connectivity index (χ0v) is 12.4. The van der Waals surface area contributed by atoms with Gasteiger partial charge in [0.25, 0.3) is 0 Å². The van der Waals surface area contributed by atoms with Crippen molar-refractivity contribution in [2.45, 2.75) is 32.7 Å². The Morgan fingerprint density at radius 1 is 1.39 bits per heavy atom. The molecule has 0 aromatic heterocycles. The van der Waals surface area contributed by atoms with E-state index in [1.54, 1.807) is 0 Å². The minimum atomic E-state index is -0.339. The number of rotatable bonds is 4. The Morgan fingerprint density at radius 2 is 2.06 bits per heavy atom. The summed E-state index contributed by atoms with van der Waals surface area (Å²) in [5, 5.41) is 5.96. The third kappa shape index (κ3) is 5.60. The minimum absolute atomic E-state index is 0.00324. The molecular weight excluding hydrogens is 299 g/mol. The molecule has 0 aliphatic rings. The summed E-state index contributed by atoms with van der Waals surface area (Å²) in [5.74, 6) is -0.437. The smallest absolute Gasteiger partial charge is 0.225 e. The largest absolute Gasteiger partial charge is 0.325 e. The van der Waals surface area contributed by atoms with E-state index in [1.807, 2.05) is 20.8 Å². The van der Waals surface area contributed by atoms with Gasteiger partial charge in [-0.1, -0.05) is 0 Å². The highest BCUT2D eigenvalue weighted by molar-refractivity contribution is 9.10. The fourth-order valence-corrected chi connectivity index (χ4v) is 1.80. The highest BCUT2D eigenvalue weighted by atomic mass is 79.9. The molecule has 0 aliphatic carbocycles. The first-order chi connectivity index (χ1) is 8.28. The molecule has 0 spiro atoms. The molecular formula is C13H18BrFN2O. The van der Waals surface area contributed by atoms with Crippen LogP contribution in [-0.4, -0.2) is 18.0 Å². The van der Waals surface area contributed by atoms with E-state index < -0.39 is 0 Å². The first-order valence-corrected chi connectivity index (χ1v) is 6.57. The second-order valence-corrected chi connectivity index (χ2v) is 5.95. The van der Waals surface area contributed by atoms with Gasteiger partial charge in [0, 0.05) is 23.0 Å². The van der Waals surface area contributed by atoms with E-state index in [4.69, 9.17) is 0 Å². The van der Waals surface area contributed by atoms with Crippen molar-refractivity contribution in [2.24, 2.45) is 0 Å². The molecule has 0 unspecified atom stereocenters. The van der Waals surface area contributed by atoms with Gasteiger partial charge >= 0.3 is 0 Å². The van der Waals surface area contributed by atoms with Crippen LogP contribution in [0.15, 0.2) is 22.7 Å². The van der Waals surface area contributed by atoms with Crippen LogP contribution in [0.1, 0.15) is 27.2 Å². The Bertz CT molecular complexity index is 429. The quantitative estimate of drug-likeness (QED) is 0.894. The molecule has 0 heterocycles. The van der Waals surface area contributed by atoms with Gasteiger partial charge in [-0.05, 0) is 54.9 Å². The number of carbonyl (C=O) groups excluding carboxylic acids is 1. The van der Waals surface area contributed by atoms with Crippen LogP contribution in [0, 0.1) is 5.82 Å². The van der Waals surface area contributed by atoms with Crippen molar-refractivity contribution < 1.29 is 9.18 Å². The monoisotopic (exact) mass is 316 g/mol. The maximum Gasteiger partial charge on any atom is 0.225 e. The maximum absolute atomic E-state index is 12.9. The van der Waals surface area contributed by atoms with Crippen LogP contribution in [0.4, 0.5) is 10.1 Å². The summed E-state index contributed by atoms with van der Waals surface area (Å²) in [5.41, 5.74) is 0.577. The van der Waals surface area contributed by atoms with Gasteiger partial charge in [-0.2, -0.15) is 0 Å². The molecule has 0 saturated heterocycles. The first kappa shape index (κ1) is 15.1. The highest BCUT2D eigenvalue weighted by Gasteiger charge is 2.10. The molecule has 1 amide bonds. The van der Waals surface area contributed by atoms with Crippen LogP contribution < -0.4 is 10.6 Å². The van der Waals surface area contributed by atoms with E-state index in [0.29, 0.717) is 23.1 Å². The summed E-state index contributed by atoms with van der Waals surface area (Å²) < 4.78 is 13.4. The summed E-state index contributed by atoms with van der Waals surface area (Å²) in [6.45, 7) is 6.73. The SMILES string of the molecule is CC(C)(C)NCCC(=O)Nc1ccc(F)cc1Br. The van der Waals surface area contributed by atoms with E-state index in [9.17, 15) is 9.18 Å². The summed E-state index contributed by atoms with van der Waals surface area (Å²) in [6.07, 6.45) is 0.376. The lowest BCUT2D eigenvalue weighted by Gasteiger charge is -2.20. The van der Waals surface area contributed by atoms with E-state index in [1.165, 1.54) is 18.2 Å². The number of nitrogens with one attached hydrogen (secondary N) is 2. The van der Waals surface area contributed by atoms with Gasteiger partial charge < -0.3 is 10.6 Å². The van der Waals surface area contributed by atoms with Crippen LogP contribution in [0.2, 0.25) is 0 Å². The number of hydrogen-bond donors (Lipinski definition) is 2. The normalized spacial score (nSPS) is 11.4. The molecule has 5 heteroatoms. The van der Waals surface area contributed by atoms with Gasteiger partial charge in [0.1, 0.15) is 5.82 Å². The fourth-order valence-electron chi connectivity index (χ4n) is 1.35. The van der Waals surface area contributed by atoms with Gasteiger partial charge in [0.15, 0.2) is 0 Å². The predicted octanol–water partition coefficient (Wildman–Crippen LogP) is 3.30. The summed E-state index contributed by atoms with van der Waals surface area (Å²) >= 11 is 3.21. The standard InChI is InChI=1S/C13H18BrFN2O/c1-13(2,3)16-7-6-12(18)17-11-5-4-9(15)8-10(11)14/h4-5,8,16H,6-7H2,1-3H3,(H,17,18). The number of benzene rings is 1. The molecule has 0 atom stereocenters. The molecule has 100 valence electrons. The topological polar surface area (TPSA) is 41.1 Å². The van der Waals surface area contributed by atoms with Crippen LogP contribution in [0.5, 0.6) is 0 Å².